The molecule has 2 aromatic carbocycles. The Labute approximate surface area is 244 Å². The number of thiazole rings is 1. The van der Waals surface area contributed by atoms with Crippen molar-refractivity contribution >= 4 is 22.9 Å². The maximum atomic E-state index is 12.7. The topological polar surface area (TPSA) is 42.2 Å². The van der Waals surface area contributed by atoms with Crippen molar-refractivity contribution in [2.45, 2.75) is 97.4 Å². The molecule has 1 N–H and O–H groups in total. The van der Waals surface area contributed by atoms with E-state index < -0.39 is 0 Å². The number of ether oxygens (including phenoxy) is 1. The summed E-state index contributed by atoms with van der Waals surface area (Å²) in [6.07, 6.45) is 18.2. The first-order valence-electron chi connectivity index (χ1n) is 14.2. The number of rotatable bonds is 18. The molecule has 0 bridgehead atoms. The van der Waals surface area contributed by atoms with Gasteiger partial charge >= 0.3 is 0 Å². The van der Waals surface area contributed by atoms with Crippen LogP contribution in [-0.2, 0) is 6.54 Å². The molecule has 3 rings (SSSR count). The van der Waals surface area contributed by atoms with E-state index >= 15 is 0 Å². The fraction of sp³-hybridized carbons (Fsp3) is 0.500. The van der Waals surface area contributed by atoms with Crippen LogP contribution in [0.5, 0.6) is 5.75 Å². The fourth-order valence-electron chi connectivity index (χ4n) is 4.52. The zero-order chi connectivity index (χ0) is 26.1. The van der Waals surface area contributed by atoms with Crippen molar-refractivity contribution in [2.24, 2.45) is 0 Å². The van der Waals surface area contributed by atoms with Gasteiger partial charge in [0.05, 0.1) is 12.0 Å². The first-order chi connectivity index (χ1) is 18.2. The van der Waals surface area contributed by atoms with E-state index in [4.69, 9.17) is 4.74 Å². The smallest absolute Gasteiger partial charge is 0.255 e. The summed E-state index contributed by atoms with van der Waals surface area (Å²) >= 11 is 1.73. The van der Waals surface area contributed by atoms with E-state index in [1.807, 2.05) is 42.5 Å². The van der Waals surface area contributed by atoms with Crippen molar-refractivity contribution in [3.05, 3.63) is 76.2 Å². The summed E-state index contributed by atoms with van der Waals surface area (Å²) in [5.74, 6) is 0.716. The van der Waals surface area contributed by atoms with E-state index in [9.17, 15) is 4.79 Å². The highest BCUT2D eigenvalue weighted by molar-refractivity contribution is 7.09. The van der Waals surface area contributed by atoms with E-state index in [0.717, 1.165) is 36.6 Å². The van der Waals surface area contributed by atoms with Crippen LogP contribution in [0.2, 0.25) is 0 Å². The van der Waals surface area contributed by atoms with Gasteiger partial charge in [0.2, 0.25) is 5.01 Å². The number of carbonyl (C=O) groups excluding carboxylic acids is 1. The van der Waals surface area contributed by atoms with Crippen molar-refractivity contribution in [3.63, 3.8) is 0 Å². The Balaban J connectivity index is 0.00000507. The van der Waals surface area contributed by atoms with Crippen LogP contribution in [-0.4, -0.2) is 12.5 Å². The summed E-state index contributed by atoms with van der Waals surface area (Å²) in [4.78, 5) is 12.7. The summed E-state index contributed by atoms with van der Waals surface area (Å²) in [7, 11) is 0. The van der Waals surface area contributed by atoms with Gasteiger partial charge in [-0.05, 0) is 42.8 Å². The second-order valence-electron chi connectivity index (χ2n) is 9.97. The van der Waals surface area contributed by atoms with Crippen molar-refractivity contribution in [1.82, 2.24) is 0 Å². The van der Waals surface area contributed by atoms with E-state index in [1.165, 1.54) is 75.6 Å². The molecule has 0 radical (unpaired) electrons. The molecule has 0 aliphatic rings. The third-order valence-electron chi connectivity index (χ3n) is 6.80. The summed E-state index contributed by atoms with van der Waals surface area (Å²) in [6, 6.07) is 15.5. The number of halogens is 1. The summed E-state index contributed by atoms with van der Waals surface area (Å²) in [6.45, 7) is 5.92. The van der Waals surface area contributed by atoms with Gasteiger partial charge in [-0.2, -0.15) is 4.57 Å². The minimum absolute atomic E-state index is 0. The Morgan fingerprint density at radius 2 is 1.50 bits per heavy atom. The van der Waals surface area contributed by atoms with Gasteiger partial charge in [-0.1, -0.05) is 101 Å². The van der Waals surface area contributed by atoms with E-state index in [1.54, 1.807) is 11.3 Å². The van der Waals surface area contributed by atoms with Gasteiger partial charge in [-0.3, -0.25) is 4.79 Å². The van der Waals surface area contributed by atoms with Crippen molar-refractivity contribution < 1.29 is 31.1 Å². The molecule has 0 saturated heterocycles. The summed E-state index contributed by atoms with van der Waals surface area (Å²) in [5.41, 5.74) is 2.60. The largest absolute Gasteiger partial charge is 1.00 e. The molecule has 0 unspecified atom stereocenters. The van der Waals surface area contributed by atoms with Crippen LogP contribution in [0.15, 0.2) is 60.1 Å². The maximum absolute atomic E-state index is 12.7. The highest BCUT2D eigenvalue weighted by Crippen LogP contribution is 2.17. The zero-order valence-electron chi connectivity index (χ0n) is 23.2. The van der Waals surface area contributed by atoms with Crippen LogP contribution in [0.3, 0.4) is 0 Å². The molecule has 0 aliphatic carbocycles. The van der Waals surface area contributed by atoms with E-state index in [-0.39, 0.29) is 22.9 Å². The SMILES string of the molecule is CCCCCCCCCCCCCCOc1ccc(C(=O)Nc2cccc(C[n+]3ccsc3C)c2)cc1.[Br-]. The highest BCUT2D eigenvalue weighted by atomic mass is 79.9. The normalized spacial score (nSPS) is 10.7. The Morgan fingerprint density at radius 1 is 0.868 bits per heavy atom. The quantitative estimate of drug-likeness (QED) is 0.150. The van der Waals surface area contributed by atoms with Gasteiger partial charge in [0.15, 0.2) is 12.7 Å². The van der Waals surface area contributed by atoms with Gasteiger partial charge in [0.25, 0.3) is 5.91 Å². The molecule has 38 heavy (non-hydrogen) atoms. The number of amides is 1. The third kappa shape index (κ3) is 12.1. The number of nitrogens with zero attached hydrogens (tertiary/aromatic N) is 1. The average molecular weight is 602 g/mol. The second kappa shape index (κ2) is 19.0. The minimum atomic E-state index is -0.107. The lowest BCUT2D eigenvalue weighted by Crippen LogP contribution is -3.00. The van der Waals surface area contributed by atoms with Gasteiger partial charge in [-0.25, -0.2) is 0 Å². The number of anilines is 1. The van der Waals surface area contributed by atoms with Crippen LogP contribution in [0.1, 0.15) is 105 Å². The molecule has 0 fully saturated rings. The van der Waals surface area contributed by atoms with E-state index in [0.29, 0.717) is 5.56 Å². The summed E-state index contributed by atoms with van der Waals surface area (Å²) < 4.78 is 8.10. The Bertz CT molecular complexity index is 1050. The molecule has 0 aliphatic heterocycles. The lowest BCUT2D eigenvalue weighted by atomic mass is 10.1. The molecule has 1 amide bonds. The van der Waals surface area contributed by atoms with Crippen molar-refractivity contribution in [3.8, 4) is 5.75 Å². The minimum Gasteiger partial charge on any atom is -1.00 e. The first kappa shape index (κ1) is 32.0. The second-order valence-corrected chi connectivity index (χ2v) is 11.1. The van der Waals surface area contributed by atoms with Crippen LogP contribution in [0.4, 0.5) is 5.69 Å². The number of aromatic nitrogens is 1. The predicted molar refractivity (Wildman–Crippen MR) is 156 cm³/mol. The van der Waals surface area contributed by atoms with E-state index in [2.05, 4.69) is 41.4 Å². The molecule has 208 valence electrons. The molecule has 1 heterocycles. The standard InChI is InChI=1S/C32H44N2O2S.BrH/c1-3-4-5-6-7-8-9-10-11-12-13-14-23-36-31-20-18-29(19-21-31)32(35)33-30-17-15-16-28(25-30)26-34-22-24-37-27(34)2;/h15-22,24-25H,3-14,23,26H2,1-2H3;1H. The van der Waals surface area contributed by atoms with Gasteiger partial charge in [0, 0.05) is 23.7 Å². The van der Waals surface area contributed by atoms with Crippen LogP contribution >= 0.6 is 11.3 Å². The molecule has 0 atom stereocenters. The molecule has 3 aromatic rings. The monoisotopic (exact) mass is 600 g/mol. The van der Waals surface area contributed by atoms with Gasteiger partial charge in [0.1, 0.15) is 5.75 Å². The predicted octanol–water partition coefficient (Wildman–Crippen LogP) is 5.73. The molecular weight excluding hydrogens is 556 g/mol. The molecule has 0 spiro atoms. The fourth-order valence-corrected chi connectivity index (χ4v) is 5.19. The van der Waals surface area contributed by atoms with Crippen LogP contribution < -0.4 is 31.6 Å². The third-order valence-corrected chi connectivity index (χ3v) is 7.64. The Hall–Kier alpha value is -2.18. The molecule has 4 nitrogen and oxygen atoms in total. The number of carbonyl (C=O) groups is 1. The molecule has 1 aromatic heterocycles. The zero-order valence-corrected chi connectivity index (χ0v) is 25.6. The molecule has 0 saturated carbocycles. The van der Waals surface area contributed by atoms with Gasteiger partial charge < -0.3 is 27.0 Å². The highest BCUT2D eigenvalue weighted by Gasteiger charge is 2.11. The Kier molecular flexibility index (Phi) is 16.0. The van der Waals surface area contributed by atoms with Crippen LogP contribution in [0, 0.1) is 6.92 Å². The first-order valence-corrected chi connectivity index (χ1v) is 15.1. The van der Waals surface area contributed by atoms with Crippen molar-refractivity contribution in [1.29, 1.82) is 0 Å². The average Bonchev–Trinajstić information content (AvgIpc) is 3.31. The maximum Gasteiger partial charge on any atom is 0.255 e. The number of hydrogen-bond acceptors (Lipinski definition) is 3. The lowest BCUT2D eigenvalue weighted by Gasteiger charge is -2.09. The number of benzene rings is 2. The molecule has 6 heteroatoms. The Morgan fingerprint density at radius 3 is 2.11 bits per heavy atom. The van der Waals surface area contributed by atoms with Crippen LogP contribution in [0.25, 0.3) is 0 Å². The summed E-state index contributed by atoms with van der Waals surface area (Å²) in [5, 5.41) is 6.37. The van der Waals surface area contributed by atoms with Crippen molar-refractivity contribution in [2.75, 3.05) is 11.9 Å². The number of aryl methyl sites for hydroxylation is 1. The number of hydrogen-bond donors (Lipinski definition) is 1. The van der Waals surface area contributed by atoms with Gasteiger partial charge in [-0.15, -0.1) is 0 Å². The number of unbranched alkanes of at least 4 members (excludes halogenated alkanes) is 11. The molecular formula is C32H45BrN2O2S. The lowest BCUT2D eigenvalue weighted by molar-refractivity contribution is -0.689. The number of nitrogens with one attached hydrogen (secondary N) is 1.